The van der Waals surface area contributed by atoms with Gasteiger partial charge in [0.2, 0.25) is 0 Å². The first kappa shape index (κ1) is 11.7. The van der Waals surface area contributed by atoms with Crippen LogP contribution in [0.5, 0.6) is 0 Å². The molecule has 1 aromatic carbocycles. The fourth-order valence-electron chi connectivity index (χ4n) is 1.42. The molecule has 0 unspecified atom stereocenters. The fraction of sp³-hybridized carbons (Fsp3) is 0.182. The summed E-state index contributed by atoms with van der Waals surface area (Å²) in [5.41, 5.74) is 7.29. The van der Waals surface area contributed by atoms with Crippen molar-refractivity contribution < 1.29 is 4.39 Å². The molecule has 5 heteroatoms. The number of hydrogen-bond acceptors (Lipinski definition) is 3. The lowest BCUT2D eigenvalue weighted by atomic mass is 10.2. The maximum absolute atomic E-state index is 13.2. The zero-order chi connectivity index (χ0) is 11.7. The smallest absolute Gasteiger partial charge is 0.125 e. The van der Waals surface area contributed by atoms with Crippen molar-refractivity contribution in [2.75, 3.05) is 0 Å². The van der Waals surface area contributed by atoms with Gasteiger partial charge in [-0.25, -0.2) is 9.37 Å². The van der Waals surface area contributed by atoms with Gasteiger partial charge in [-0.3, -0.25) is 0 Å². The van der Waals surface area contributed by atoms with Gasteiger partial charge in [-0.05, 0) is 25.1 Å². The SMILES string of the molecule is Cc1nc(-c2cc(F)cc(Br)c2)sc1CN. The van der Waals surface area contributed by atoms with Crippen molar-refractivity contribution >= 4 is 27.3 Å². The largest absolute Gasteiger partial charge is 0.326 e. The number of aromatic nitrogens is 1. The number of benzene rings is 1. The predicted octanol–water partition coefficient (Wildman–Crippen LogP) is 3.48. The third-order valence-corrected chi connectivity index (χ3v) is 3.87. The third-order valence-electron chi connectivity index (χ3n) is 2.19. The molecule has 0 bridgehead atoms. The van der Waals surface area contributed by atoms with Crippen LogP contribution in [-0.2, 0) is 6.54 Å². The normalized spacial score (nSPS) is 10.8. The van der Waals surface area contributed by atoms with Crippen molar-refractivity contribution in [2.45, 2.75) is 13.5 Å². The Morgan fingerprint density at radius 3 is 2.75 bits per heavy atom. The summed E-state index contributed by atoms with van der Waals surface area (Å²) in [6.07, 6.45) is 0. The van der Waals surface area contributed by atoms with E-state index in [1.54, 1.807) is 0 Å². The molecule has 0 atom stereocenters. The van der Waals surface area contributed by atoms with Gasteiger partial charge in [0.05, 0.1) is 5.69 Å². The Morgan fingerprint density at radius 1 is 1.44 bits per heavy atom. The molecule has 0 saturated heterocycles. The predicted molar refractivity (Wildman–Crippen MR) is 67.8 cm³/mol. The van der Waals surface area contributed by atoms with E-state index >= 15 is 0 Å². The molecule has 0 radical (unpaired) electrons. The second-order valence-electron chi connectivity index (χ2n) is 3.39. The Morgan fingerprint density at radius 2 is 2.19 bits per heavy atom. The molecule has 1 aromatic heterocycles. The van der Waals surface area contributed by atoms with Gasteiger partial charge >= 0.3 is 0 Å². The molecular weight excluding hydrogens is 291 g/mol. The van der Waals surface area contributed by atoms with Gasteiger partial charge in [0.25, 0.3) is 0 Å². The number of rotatable bonds is 2. The maximum Gasteiger partial charge on any atom is 0.125 e. The van der Waals surface area contributed by atoms with E-state index in [0.717, 1.165) is 21.1 Å². The molecule has 2 aromatic rings. The van der Waals surface area contributed by atoms with Gasteiger partial charge < -0.3 is 5.73 Å². The van der Waals surface area contributed by atoms with Crippen molar-refractivity contribution in [3.8, 4) is 10.6 Å². The molecule has 0 fully saturated rings. The highest BCUT2D eigenvalue weighted by molar-refractivity contribution is 9.10. The maximum atomic E-state index is 13.2. The summed E-state index contributed by atoms with van der Waals surface area (Å²) in [4.78, 5) is 5.42. The van der Waals surface area contributed by atoms with Crippen molar-refractivity contribution in [1.29, 1.82) is 0 Å². The molecule has 84 valence electrons. The summed E-state index contributed by atoms with van der Waals surface area (Å²) >= 11 is 4.77. The van der Waals surface area contributed by atoms with E-state index in [-0.39, 0.29) is 5.82 Å². The monoisotopic (exact) mass is 300 g/mol. The van der Waals surface area contributed by atoms with Crippen LogP contribution in [-0.4, -0.2) is 4.98 Å². The van der Waals surface area contributed by atoms with E-state index in [2.05, 4.69) is 20.9 Å². The average molecular weight is 301 g/mol. The Hall–Kier alpha value is -0.780. The van der Waals surface area contributed by atoms with E-state index in [1.165, 1.54) is 23.5 Å². The zero-order valence-corrected chi connectivity index (χ0v) is 11.0. The molecule has 0 saturated carbocycles. The Kier molecular flexibility index (Phi) is 3.37. The van der Waals surface area contributed by atoms with E-state index < -0.39 is 0 Å². The zero-order valence-electron chi connectivity index (χ0n) is 8.63. The van der Waals surface area contributed by atoms with Gasteiger partial charge in [0.1, 0.15) is 10.8 Å². The summed E-state index contributed by atoms with van der Waals surface area (Å²) in [5.74, 6) is -0.272. The van der Waals surface area contributed by atoms with Crippen LogP contribution < -0.4 is 5.73 Å². The van der Waals surface area contributed by atoms with Crippen LogP contribution in [0.2, 0.25) is 0 Å². The summed E-state index contributed by atoms with van der Waals surface area (Å²) in [6, 6.07) is 4.75. The third kappa shape index (κ3) is 2.31. The Bertz CT molecular complexity index is 504. The molecule has 16 heavy (non-hydrogen) atoms. The van der Waals surface area contributed by atoms with Gasteiger partial charge in [-0.15, -0.1) is 11.3 Å². The number of thiazole rings is 1. The van der Waals surface area contributed by atoms with Crippen molar-refractivity contribution in [2.24, 2.45) is 5.73 Å². The lowest BCUT2D eigenvalue weighted by Gasteiger charge is -1.98. The Balaban J connectivity index is 2.49. The lowest BCUT2D eigenvalue weighted by molar-refractivity contribution is 0.627. The highest BCUT2D eigenvalue weighted by Crippen LogP contribution is 2.30. The molecule has 0 spiro atoms. The van der Waals surface area contributed by atoms with Crippen LogP contribution in [0, 0.1) is 12.7 Å². The van der Waals surface area contributed by atoms with E-state index in [9.17, 15) is 4.39 Å². The minimum Gasteiger partial charge on any atom is -0.326 e. The number of halogens is 2. The van der Waals surface area contributed by atoms with E-state index in [4.69, 9.17) is 5.73 Å². The first-order valence-corrected chi connectivity index (χ1v) is 6.34. The van der Waals surface area contributed by atoms with Crippen LogP contribution in [0.4, 0.5) is 4.39 Å². The number of nitrogens with two attached hydrogens (primary N) is 1. The Labute approximate surface area is 105 Å². The van der Waals surface area contributed by atoms with Crippen LogP contribution in [0.15, 0.2) is 22.7 Å². The van der Waals surface area contributed by atoms with E-state index in [1.807, 2.05) is 13.0 Å². The summed E-state index contributed by atoms with van der Waals surface area (Å²) < 4.78 is 13.9. The molecule has 0 aliphatic heterocycles. The molecule has 0 aliphatic carbocycles. The van der Waals surface area contributed by atoms with Crippen LogP contribution in [0.3, 0.4) is 0 Å². The standard InChI is InChI=1S/C11H10BrFN2S/c1-6-10(5-14)16-11(15-6)7-2-8(12)4-9(13)3-7/h2-4H,5,14H2,1H3. The molecular formula is C11H10BrFN2S. The van der Waals surface area contributed by atoms with Gasteiger partial charge in [-0.1, -0.05) is 15.9 Å². The minimum atomic E-state index is -0.272. The number of aryl methyl sites for hydroxylation is 1. The average Bonchev–Trinajstić information content (AvgIpc) is 2.58. The first-order chi connectivity index (χ1) is 7.60. The second kappa shape index (κ2) is 4.61. The number of nitrogens with zero attached hydrogens (tertiary/aromatic N) is 1. The lowest BCUT2D eigenvalue weighted by Crippen LogP contribution is -1.94. The summed E-state index contributed by atoms with van der Waals surface area (Å²) in [6.45, 7) is 2.39. The molecule has 0 amide bonds. The highest BCUT2D eigenvalue weighted by Gasteiger charge is 2.09. The molecule has 1 heterocycles. The first-order valence-electron chi connectivity index (χ1n) is 4.73. The fourth-order valence-corrected chi connectivity index (χ4v) is 2.81. The second-order valence-corrected chi connectivity index (χ2v) is 5.39. The quantitative estimate of drug-likeness (QED) is 0.922. The van der Waals surface area contributed by atoms with Gasteiger partial charge in [0.15, 0.2) is 0 Å². The molecule has 2 rings (SSSR count). The summed E-state index contributed by atoms with van der Waals surface area (Å²) in [7, 11) is 0. The van der Waals surface area contributed by atoms with Crippen LogP contribution in [0.1, 0.15) is 10.6 Å². The van der Waals surface area contributed by atoms with Crippen LogP contribution >= 0.6 is 27.3 Å². The van der Waals surface area contributed by atoms with Gasteiger partial charge in [-0.2, -0.15) is 0 Å². The highest BCUT2D eigenvalue weighted by atomic mass is 79.9. The van der Waals surface area contributed by atoms with Gasteiger partial charge in [0, 0.05) is 21.5 Å². The van der Waals surface area contributed by atoms with E-state index in [0.29, 0.717) is 11.0 Å². The van der Waals surface area contributed by atoms with Crippen molar-refractivity contribution in [3.63, 3.8) is 0 Å². The topological polar surface area (TPSA) is 38.9 Å². The minimum absolute atomic E-state index is 0.272. The molecule has 2 nitrogen and oxygen atoms in total. The van der Waals surface area contributed by atoms with Crippen LogP contribution in [0.25, 0.3) is 10.6 Å². The summed E-state index contributed by atoms with van der Waals surface area (Å²) in [5, 5.41) is 0.804. The molecule has 0 aliphatic rings. The number of hydrogen-bond donors (Lipinski definition) is 1. The van der Waals surface area contributed by atoms with Crippen molar-refractivity contribution in [1.82, 2.24) is 4.98 Å². The molecule has 2 N–H and O–H groups in total. The van der Waals surface area contributed by atoms with Crippen molar-refractivity contribution in [3.05, 3.63) is 39.1 Å².